The Morgan fingerprint density at radius 2 is 2.04 bits per heavy atom. The van der Waals surface area contributed by atoms with E-state index in [1.165, 1.54) is 11.0 Å². The van der Waals surface area contributed by atoms with Crippen LogP contribution in [0.2, 0.25) is 0 Å². The van der Waals surface area contributed by atoms with Gasteiger partial charge in [0, 0.05) is 19.2 Å². The molecular formula is C16H16F3NO3. The quantitative estimate of drug-likeness (QED) is 0.783. The van der Waals surface area contributed by atoms with E-state index >= 15 is 0 Å². The normalized spacial score (nSPS) is 21.0. The van der Waals surface area contributed by atoms with Crippen molar-refractivity contribution in [2.45, 2.75) is 19.0 Å². The molecule has 1 aromatic carbocycles. The molecule has 0 radical (unpaired) electrons. The second-order valence-corrected chi connectivity index (χ2v) is 5.61. The number of nitrogens with zero attached hydrogens (tertiary/aromatic N) is 1. The van der Waals surface area contributed by atoms with Crippen LogP contribution in [0.5, 0.6) is 11.5 Å². The number of carbonyl (C=O) groups is 1. The highest BCUT2D eigenvalue weighted by atomic mass is 19.4. The lowest BCUT2D eigenvalue weighted by Crippen LogP contribution is -2.44. The van der Waals surface area contributed by atoms with Crippen molar-refractivity contribution in [2.75, 3.05) is 19.9 Å². The molecule has 124 valence electrons. The number of fused-ring (bicyclic) bond motifs is 1. The van der Waals surface area contributed by atoms with E-state index in [-0.39, 0.29) is 19.8 Å². The molecule has 1 atom stereocenters. The fourth-order valence-electron chi connectivity index (χ4n) is 2.73. The molecule has 2 aliphatic heterocycles. The van der Waals surface area contributed by atoms with Crippen LogP contribution in [0.15, 0.2) is 24.3 Å². The molecule has 1 aromatic rings. The monoisotopic (exact) mass is 327 g/mol. The van der Waals surface area contributed by atoms with Crippen molar-refractivity contribution in [1.29, 1.82) is 0 Å². The van der Waals surface area contributed by atoms with Crippen molar-refractivity contribution in [3.8, 4) is 11.5 Å². The molecule has 2 aliphatic rings. The molecule has 0 saturated carbocycles. The molecule has 23 heavy (non-hydrogen) atoms. The molecule has 1 fully saturated rings. The largest absolute Gasteiger partial charge is 0.454 e. The molecule has 1 saturated heterocycles. The summed E-state index contributed by atoms with van der Waals surface area (Å²) in [5.41, 5.74) is 0.729. The van der Waals surface area contributed by atoms with Crippen molar-refractivity contribution < 1.29 is 27.4 Å². The van der Waals surface area contributed by atoms with E-state index in [1.807, 2.05) is 0 Å². The van der Waals surface area contributed by atoms with Crippen LogP contribution in [0, 0.1) is 5.92 Å². The van der Waals surface area contributed by atoms with Crippen LogP contribution in [0.4, 0.5) is 13.2 Å². The van der Waals surface area contributed by atoms with Crippen LogP contribution in [0.25, 0.3) is 6.08 Å². The molecule has 0 aliphatic carbocycles. The number of likely N-dealkylation sites (tertiary alicyclic amines) is 1. The molecule has 7 heteroatoms. The second kappa shape index (κ2) is 6.14. The molecule has 0 N–H and O–H groups in total. The lowest BCUT2D eigenvalue weighted by Gasteiger charge is -2.33. The number of rotatable bonds is 2. The first-order chi connectivity index (χ1) is 10.9. The number of carbonyl (C=O) groups excluding carboxylic acids is 1. The van der Waals surface area contributed by atoms with Crippen LogP contribution < -0.4 is 9.47 Å². The summed E-state index contributed by atoms with van der Waals surface area (Å²) in [6.07, 6.45) is -0.926. The van der Waals surface area contributed by atoms with Crippen LogP contribution in [0.3, 0.4) is 0 Å². The molecule has 1 amide bonds. The molecule has 3 rings (SSSR count). The van der Waals surface area contributed by atoms with E-state index in [0.717, 1.165) is 5.56 Å². The topological polar surface area (TPSA) is 38.8 Å². The fraction of sp³-hybridized carbons (Fsp3) is 0.438. The van der Waals surface area contributed by atoms with Crippen molar-refractivity contribution >= 4 is 12.0 Å². The van der Waals surface area contributed by atoms with E-state index in [2.05, 4.69) is 0 Å². The van der Waals surface area contributed by atoms with Crippen molar-refractivity contribution in [2.24, 2.45) is 5.92 Å². The average molecular weight is 327 g/mol. The Labute approximate surface area is 131 Å². The highest BCUT2D eigenvalue weighted by Crippen LogP contribution is 2.34. The Balaban J connectivity index is 1.64. The fourth-order valence-corrected chi connectivity index (χ4v) is 2.73. The lowest BCUT2D eigenvalue weighted by atomic mass is 9.97. The molecule has 4 nitrogen and oxygen atoms in total. The predicted molar refractivity (Wildman–Crippen MR) is 77.0 cm³/mol. The number of amides is 1. The molecule has 0 spiro atoms. The minimum absolute atomic E-state index is 0.0825. The molecule has 0 aromatic heterocycles. The Morgan fingerprint density at radius 3 is 2.83 bits per heavy atom. The number of hydrogen-bond acceptors (Lipinski definition) is 3. The van der Waals surface area contributed by atoms with E-state index in [1.54, 1.807) is 24.3 Å². The molecular weight excluding hydrogens is 311 g/mol. The Hall–Kier alpha value is -2.18. The van der Waals surface area contributed by atoms with Crippen molar-refractivity contribution in [3.05, 3.63) is 29.8 Å². The van der Waals surface area contributed by atoms with E-state index in [0.29, 0.717) is 24.5 Å². The SMILES string of the molecule is O=C(/C=C/c1ccc2c(c1)OCO2)N1CCCC(C(F)(F)F)C1. The van der Waals surface area contributed by atoms with Crippen molar-refractivity contribution in [3.63, 3.8) is 0 Å². The van der Waals surface area contributed by atoms with Gasteiger partial charge in [-0.1, -0.05) is 6.07 Å². The number of hydrogen-bond donors (Lipinski definition) is 0. The Kier molecular flexibility index (Phi) is 4.19. The Morgan fingerprint density at radius 1 is 1.26 bits per heavy atom. The van der Waals surface area contributed by atoms with Gasteiger partial charge < -0.3 is 14.4 Å². The maximum absolute atomic E-state index is 12.8. The van der Waals surface area contributed by atoms with Gasteiger partial charge in [0.25, 0.3) is 0 Å². The summed E-state index contributed by atoms with van der Waals surface area (Å²) < 4.78 is 48.7. The summed E-state index contributed by atoms with van der Waals surface area (Å²) in [5.74, 6) is -0.608. The predicted octanol–water partition coefficient (Wildman–Crippen LogP) is 3.23. The summed E-state index contributed by atoms with van der Waals surface area (Å²) in [6, 6.07) is 5.21. The lowest BCUT2D eigenvalue weighted by molar-refractivity contribution is -0.187. The van der Waals surface area contributed by atoms with E-state index in [4.69, 9.17) is 9.47 Å². The number of alkyl halides is 3. The highest BCUT2D eigenvalue weighted by Gasteiger charge is 2.42. The first-order valence-corrected chi connectivity index (χ1v) is 7.37. The summed E-state index contributed by atoms with van der Waals surface area (Å²) >= 11 is 0. The average Bonchev–Trinajstić information content (AvgIpc) is 2.99. The van der Waals surface area contributed by atoms with Crippen LogP contribution in [-0.2, 0) is 4.79 Å². The highest BCUT2D eigenvalue weighted by molar-refractivity contribution is 5.92. The third-order valence-corrected chi connectivity index (χ3v) is 4.01. The summed E-state index contributed by atoms with van der Waals surface area (Å²) in [5, 5.41) is 0. The van der Waals surface area contributed by atoms with Gasteiger partial charge in [0.05, 0.1) is 5.92 Å². The van der Waals surface area contributed by atoms with Crippen LogP contribution in [-0.4, -0.2) is 36.9 Å². The molecule has 2 heterocycles. The van der Waals surface area contributed by atoms with Crippen LogP contribution in [0.1, 0.15) is 18.4 Å². The second-order valence-electron chi connectivity index (χ2n) is 5.61. The zero-order valence-electron chi connectivity index (χ0n) is 12.3. The van der Waals surface area contributed by atoms with Crippen molar-refractivity contribution in [1.82, 2.24) is 4.90 Å². The molecule has 1 unspecified atom stereocenters. The maximum Gasteiger partial charge on any atom is 0.393 e. The van der Waals surface area contributed by atoms with Gasteiger partial charge in [0.2, 0.25) is 12.7 Å². The van der Waals surface area contributed by atoms with E-state index < -0.39 is 18.0 Å². The van der Waals surface area contributed by atoms with E-state index in [9.17, 15) is 18.0 Å². The van der Waals surface area contributed by atoms with Gasteiger partial charge >= 0.3 is 6.18 Å². The molecule has 0 bridgehead atoms. The number of ether oxygens (including phenoxy) is 2. The standard InChI is InChI=1S/C16H16F3NO3/c17-16(18,19)12-2-1-7-20(9-12)15(21)6-4-11-3-5-13-14(8-11)23-10-22-13/h3-6,8,12H,1-2,7,9-10H2/b6-4+. The minimum atomic E-state index is -4.25. The first kappa shape index (κ1) is 15.7. The number of piperidine rings is 1. The van der Waals surface area contributed by atoms with Gasteiger partial charge in [-0.05, 0) is 36.6 Å². The summed E-state index contributed by atoms with van der Waals surface area (Å²) in [6.45, 7) is 0.249. The zero-order chi connectivity index (χ0) is 16.4. The maximum atomic E-state index is 12.8. The van der Waals surface area contributed by atoms with Gasteiger partial charge in [-0.3, -0.25) is 4.79 Å². The first-order valence-electron chi connectivity index (χ1n) is 7.37. The summed E-state index contributed by atoms with van der Waals surface area (Å²) in [7, 11) is 0. The van der Waals surface area contributed by atoms with Gasteiger partial charge in [0.1, 0.15) is 0 Å². The zero-order valence-corrected chi connectivity index (χ0v) is 12.3. The Bertz CT molecular complexity index is 627. The number of halogens is 3. The van der Waals surface area contributed by atoms with Gasteiger partial charge in [0.15, 0.2) is 11.5 Å². The smallest absolute Gasteiger partial charge is 0.393 e. The van der Waals surface area contributed by atoms with Gasteiger partial charge in [-0.15, -0.1) is 0 Å². The van der Waals surface area contributed by atoms with Gasteiger partial charge in [-0.2, -0.15) is 13.2 Å². The third-order valence-electron chi connectivity index (χ3n) is 4.01. The number of benzene rings is 1. The van der Waals surface area contributed by atoms with Gasteiger partial charge in [-0.25, -0.2) is 0 Å². The third kappa shape index (κ3) is 3.60. The minimum Gasteiger partial charge on any atom is -0.454 e. The van der Waals surface area contributed by atoms with Crippen LogP contribution >= 0.6 is 0 Å². The summed E-state index contributed by atoms with van der Waals surface area (Å²) in [4.78, 5) is 13.3.